The van der Waals surface area contributed by atoms with Crippen LogP contribution in [0.1, 0.15) is 0 Å². The van der Waals surface area contributed by atoms with Gasteiger partial charge in [0.15, 0.2) is 0 Å². The lowest BCUT2D eigenvalue weighted by atomic mass is 10.1. The molecule has 0 aliphatic heterocycles. The van der Waals surface area contributed by atoms with Crippen molar-refractivity contribution in [2.24, 2.45) is 0 Å². The summed E-state index contributed by atoms with van der Waals surface area (Å²) in [7, 11) is 2.71. The van der Waals surface area contributed by atoms with E-state index in [9.17, 15) is 24.5 Å². The van der Waals surface area contributed by atoms with Crippen LogP contribution in [0.15, 0.2) is 47.5 Å². The van der Waals surface area contributed by atoms with E-state index in [1.54, 1.807) is 12.1 Å². The van der Waals surface area contributed by atoms with Gasteiger partial charge in [-0.15, -0.1) is 0 Å². The summed E-state index contributed by atoms with van der Waals surface area (Å²) in [5, 5.41) is 23.6. The largest absolute Gasteiger partial charge is 0.495 e. The van der Waals surface area contributed by atoms with Crippen LogP contribution in [0.4, 0.5) is 15.8 Å². The molecule has 0 bridgehead atoms. The molecule has 0 unspecified atom stereocenters. The van der Waals surface area contributed by atoms with Gasteiger partial charge in [-0.05, 0) is 24.3 Å². The molecule has 8 nitrogen and oxygen atoms in total. The normalized spacial score (nSPS) is 10.7. The zero-order valence-electron chi connectivity index (χ0n) is 15.7. The van der Waals surface area contributed by atoms with Crippen molar-refractivity contribution < 1.29 is 23.5 Å². The van der Waals surface area contributed by atoms with Crippen molar-refractivity contribution in [3.63, 3.8) is 0 Å². The summed E-state index contributed by atoms with van der Waals surface area (Å²) < 4.78 is 23.2. The van der Waals surface area contributed by atoms with Crippen molar-refractivity contribution in [2.75, 3.05) is 24.9 Å². The molecular formula is C20H14ClFN4O4. The summed E-state index contributed by atoms with van der Waals surface area (Å²) in [6.07, 6.45) is 0. The predicted octanol–water partition coefficient (Wildman–Crippen LogP) is 3.42. The monoisotopic (exact) mass is 428 g/mol. The second-order valence-corrected chi connectivity index (χ2v) is 5.98. The van der Waals surface area contributed by atoms with Gasteiger partial charge in [-0.25, -0.2) is 4.39 Å². The Hall–Kier alpha value is -4.08. The number of nitriles is 2. The molecule has 30 heavy (non-hydrogen) atoms. The SMILES string of the molecule is COc1cc(NC(=O)/C(C#N)=C(\C#N)C(=O)Nc2ccc(F)cc2)c(OC)cc1Cl. The van der Waals surface area contributed by atoms with Gasteiger partial charge in [0, 0.05) is 17.8 Å². The quantitative estimate of drug-likeness (QED) is 0.536. The lowest BCUT2D eigenvalue weighted by molar-refractivity contribution is -0.114. The second kappa shape index (κ2) is 9.92. The Morgan fingerprint density at radius 2 is 1.47 bits per heavy atom. The molecule has 0 saturated heterocycles. The summed E-state index contributed by atoms with van der Waals surface area (Å²) in [5.74, 6) is -2.15. The Kier molecular flexibility index (Phi) is 7.34. The van der Waals surface area contributed by atoms with Crippen LogP contribution in [0.3, 0.4) is 0 Å². The maximum atomic E-state index is 13.0. The molecule has 0 atom stereocenters. The molecule has 152 valence electrons. The highest BCUT2D eigenvalue weighted by Gasteiger charge is 2.23. The van der Waals surface area contributed by atoms with E-state index in [-0.39, 0.29) is 27.9 Å². The average molecular weight is 429 g/mol. The van der Waals surface area contributed by atoms with Gasteiger partial charge in [0.2, 0.25) is 0 Å². The van der Waals surface area contributed by atoms with Gasteiger partial charge in [0.25, 0.3) is 11.8 Å². The molecule has 0 aliphatic carbocycles. The molecule has 0 heterocycles. The number of carbonyl (C=O) groups is 2. The predicted molar refractivity (Wildman–Crippen MR) is 106 cm³/mol. The highest BCUT2D eigenvalue weighted by atomic mass is 35.5. The summed E-state index contributed by atoms with van der Waals surface area (Å²) in [6, 6.07) is 10.6. The second-order valence-electron chi connectivity index (χ2n) is 5.58. The number of carbonyl (C=O) groups excluding carboxylic acids is 2. The maximum Gasteiger partial charge on any atom is 0.268 e. The molecule has 2 amide bonds. The van der Waals surface area contributed by atoms with Gasteiger partial charge in [-0.3, -0.25) is 9.59 Å². The molecule has 0 saturated carbocycles. The van der Waals surface area contributed by atoms with Crippen LogP contribution >= 0.6 is 11.6 Å². The van der Waals surface area contributed by atoms with Crippen molar-refractivity contribution in [3.8, 4) is 23.6 Å². The van der Waals surface area contributed by atoms with Crippen molar-refractivity contribution in [2.45, 2.75) is 0 Å². The molecule has 2 aromatic carbocycles. The Balaban J connectivity index is 2.36. The van der Waals surface area contributed by atoms with Crippen LogP contribution in [-0.4, -0.2) is 26.0 Å². The van der Waals surface area contributed by atoms with Gasteiger partial charge in [-0.1, -0.05) is 11.6 Å². The molecule has 0 fully saturated rings. The van der Waals surface area contributed by atoms with Gasteiger partial charge in [0.05, 0.1) is 24.9 Å². The summed E-state index contributed by atoms with van der Waals surface area (Å²) in [6.45, 7) is 0. The van der Waals surface area contributed by atoms with E-state index in [1.165, 1.54) is 38.5 Å². The molecule has 2 N–H and O–H groups in total. The highest BCUT2D eigenvalue weighted by Crippen LogP contribution is 2.36. The molecule has 2 rings (SSSR count). The third-order valence-electron chi connectivity index (χ3n) is 3.75. The van der Waals surface area contributed by atoms with E-state index in [1.807, 2.05) is 0 Å². The lowest BCUT2D eigenvalue weighted by Gasteiger charge is -2.13. The van der Waals surface area contributed by atoms with E-state index >= 15 is 0 Å². The van der Waals surface area contributed by atoms with Gasteiger partial charge >= 0.3 is 0 Å². The Bertz CT molecular complexity index is 1100. The third kappa shape index (κ3) is 5.04. The number of ether oxygens (including phenoxy) is 2. The number of hydrogen-bond donors (Lipinski definition) is 2. The van der Waals surface area contributed by atoms with Gasteiger partial charge in [0.1, 0.15) is 40.6 Å². The zero-order valence-corrected chi connectivity index (χ0v) is 16.5. The first-order valence-corrected chi connectivity index (χ1v) is 8.56. The highest BCUT2D eigenvalue weighted by molar-refractivity contribution is 6.32. The smallest absolute Gasteiger partial charge is 0.268 e. The number of halogens is 2. The van der Waals surface area contributed by atoms with Crippen LogP contribution in [0, 0.1) is 28.5 Å². The minimum atomic E-state index is -1.02. The van der Waals surface area contributed by atoms with Crippen molar-refractivity contribution in [1.82, 2.24) is 0 Å². The summed E-state index contributed by atoms with van der Waals surface area (Å²) in [5.41, 5.74) is -1.17. The molecule has 2 aromatic rings. The summed E-state index contributed by atoms with van der Waals surface area (Å²) >= 11 is 6.01. The van der Waals surface area contributed by atoms with Crippen LogP contribution < -0.4 is 20.1 Å². The third-order valence-corrected chi connectivity index (χ3v) is 4.05. The van der Waals surface area contributed by atoms with Crippen molar-refractivity contribution >= 4 is 34.8 Å². The zero-order chi connectivity index (χ0) is 22.3. The van der Waals surface area contributed by atoms with Crippen LogP contribution in [0.25, 0.3) is 0 Å². The molecular weight excluding hydrogens is 415 g/mol. The standard InChI is InChI=1S/C20H14ClFN4O4/c1-29-17-8-16(18(30-2)7-15(17)21)26-20(28)14(10-24)13(9-23)19(27)25-12-5-3-11(22)4-6-12/h3-8H,1-2H3,(H,25,27)(H,26,28)/b14-13+. The van der Waals surface area contributed by atoms with E-state index in [0.717, 1.165) is 12.1 Å². The van der Waals surface area contributed by atoms with E-state index in [0.29, 0.717) is 0 Å². The van der Waals surface area contributed by atoms with Crippen LogP contribution in [-0.2, 0) is 9.59 Å². The number of hydrogen-bond acceptors (Lipinski definition) is 6. The molecule has 10 heteroatoms. The fourth-order valence-corrected chi connectivity index (χ4v) is 2.54. The number of benzene rings is 2. The lowest BCUT2D eigenvalue weighted by Crippen LogP contribution is -2.21. The maximum absolute atomic E-state index is 13.0. The topological polar surface area (TPSA) is 124 Å². The van der Waals surface area contributed by atoms with Gasteiger partial charge < -0.3 is 20.1 Å². The van der Waals surface area contributed by atoms with Crippen LogP contribution in [0.2, 0.25) is 5.02 Å². The summed E-state index contributed by atoms with van der Waals surface area (Å²) in [4.78, 5) is 25.0. The van der Waals surface area contributed by atoms with Gasteiger partial charge in [-0.2, -0.15) is 10.5 Å². The fraction of sp³-hybridized carbons (Fsp3) is 0.100. The van der Waals surface area contributed by atoms with Crippen LogP contribution in [0.5, 0.6) is 11.5 Å². The first-order chi connectivity index (χ1) is 14.3. The average Bonchev–Trinajstić information content (AvgIpc) is 2.74. The number of nitrogens with one attached hydrogen (secondary N) is 2. The van der Waals surface area contributed by atoms with Crippen molar-refractivity contribution in [1.29, 1.82) is 10.5 Å². The number of methoxy groups -OCH3 is 2. The molecule has 0 radical (unpaired) electrons. The minimum Gasteiger partial charge on any atom is -0.495 e. The van der Waals surface area contributed by atoms with E-state index in [2.05, 4.69) is 10.6 Å². The van der Waals surface area contributed by atoms with Crippen molar-refractivity contribution in [3.05, 3.63) is 58.4 Å². The number of nitrogens with zero attached hydrogens (tertiary/aromatic N) is 2. The van der Waals surface area contributed by atoms with E-state index < -0.39 is 28.8 Å². The first-order valence-electron chi connectivity index (χ1n) is 8.18. The number of anilines is 2. The number of amides is 2. The molecule has 0 spiro atoms. The number of rotatable bonds is 6. The fourth-order valence-electron chi connectivity index (χ4n) is 2.31. The Morgan fingerprint density at radius 1 is 0.933 bits per heavy atom. The minimum absolute atomic E-state index is 0.104. The Morgan fingerprint density at radius 3 is 1.97 bits per heavy atom. The Labute approximate surface area is 176 Å². The van der Waals surface area contributed by atoms with E-state index in [4.69, 9.17) is 21.1 Å². The molecule has 0 aromatic heterocycles. The first kappa shape index (κ1) is 22.2. The molecule has 0 aliphatic rings.